The number of amides is 2. The molecule has 2 amide bonds. The molecule has 0 unspecified atom stereocenters. The van der Waals surface area contributed by atoms with Gasteiger partial charge in [0.05, 0.1) is 5.51 Å². The van der Waals surface area contributed by atoms with Gasteiger partial charge in [-0.25, -0.2) is 9.78 Å². The third-order valence-corrected chi connectivity index (χ3v) is 3.48. The number of benzene rings is 1. The lowest BCUT2D eigenvalue weighted by Crippen LogP contribution is -2.25. The minimum atomic E-state index is -3.75. The van der Waals surface area contributed by atoms with Crippen molar-refractivity contribution in [1.29, 1.82) is 0 Å². The first-order valence-electron chi connectivity index (χ1n) is 5.99. The molecule has 0 atom stereocenters. The van der Waals surface area contributed by atoms with E-state index in [0.29, 0.717) is 0 Å². The Bertz CT molecular complexity index is 795. The highest BCUT2D eigenvalue weighted by Crippen LogP contribution is 2.42. The maximum atomic E-state index is 12.9. The molecule has 1 aromatic carbocycles. The number of carboxylic acid groups (broad SMARTS) is 1. The Labute approximate surface area is 130 Å². The number of fused-ring (bicyclic) bond motifs is 1. The molecule has 11 heteroatoms. The Kier molecular flexibility index (Phi) is 3.48. The molecule has 0 aliphatic carbocycles. The van der Waals surface area contributed by atoms with Gasteiger partial charge in [0.1, 0.15) is 4.88 Å². The molecule has 0 spiro atoms. The van der Waals surface area contributed by atoms with Crippen molar-refractivity contribution in [3.05, 3.63) is 28.6 Å². The number of halogens is 2. The predicted octanol–water partition coefficient (Wildman–Crippen LogP) is 2.81. The maximum absolute atomic E-state index is 12.9. The number of ether oxygens (including phenoxy) is 2. The molecule has 2 aromatic rings. The molecule has 0 radical (unpaired) electrons. The first-order chi connectivity index (χ1) is 10.8. The average molecular weight is 343 g/mol. The van der Waals surface area contributed by atoms with E-state index in [2.05, 4.69) is 19.8 Å². The molecule has 2 heterocycles. The first kappa shape index (κ1) is 15.0. The summed E-state index contributed by atoms with van der Waals surface area (Å²) in [5, 5.41) is 13.1. The summed E-state index contributed by atoms with van der Waals surface area (Å²) in [6.07, 6.45) is -5.11. The van der Waals surface area contributed by atoms with Gasteiger partial charge in [-0.2, -0.15) is 0 Å². The summed E-state index contributed by atoms with van der Waals surface area (Å²) in [6, 6.07) is 3.72. The Morgan fingerprint density at radius 1 is 1.22 bits per heavy atom. The van der Waals surface area contributed by atoms with Gasteiger partial charge < -0.3 is 19.9 Å². The number of rotatable bonds is 3. The lowest BCUT2D eigenvalue weighted by atomic mass is 10.2. The van der Waals surface area contributed by atoms with Crippen molar-refractivity contribution in [2.75, 3.05) is 10.6 Å². The predicted molar refractivity (Wildman–Crippen MR) is 74.4 cm³/mol. The molecular weight excluding hydrogens is 336 g/mol. The highest BCUT2D eigenvalue weighted by atomic mass is 32.1. The smallest absolute Gasteiger partial charge is 0.465 e. The normalized spacial score (nSPS) is 14.3. The fourth-order valence-corrected chi connectivity index (χ4v) is 2.45. The molecule has 0 bridgehead atoms. The second-order valence-corrected chi connectivity index (χ2v) is 5.10. The van der Waals surface area contributed by atoms with E-state index < -0.39 is 18.3 Å². The Morgan fingerprint density at radius 3 is 2.70 bits per heavy atom. The van der Waals surface area contributed by atoms with Crippen LogP contribution in [0, 0.1) is 0 Å². The summed E-state index contributed by atoms with van der Waals surface area (Å²) < 4.78 is 34.4. The number of thiazole rings is 1. The van der Waals surface area contributed by atoms with E-state index >= 15 is 0 Å². The number of hydrogen-bond donors (Lipinski definition) is 3. The van der Waals surface area contributed by atoms with Crippen LogP contribution in [-0.4, -0.2) is 28.4 Å². The lowest BCUT2D eigenvalue weighted by molar-refractivity contribution is -0.286. The Hall–Kier alpha value is -2.95. The zero-order valence-electron chi connectivity index (χ0n) is 11.0. The van der Waals surface area contributed by atoms with Gasteiger partial charge in [-0.05, 0) is 12.1 Å². The van der Waals surface area contributed by atoms with Crippen molar-refractivity contribution < 1.29 is 33.0 Å². The molecule has 3 rings (SSSR count). The van der Waals surface area contributed by atoms with Gasteiger partial charge in [0.25, 0.3) is 5.91 Å². The van der Waals surface area contributed by atoms with E-state index in [-0.39, 0.29) is 27.9 Å². The Balaban J connectivity index is 1.77. The van der Waals surface area contributed by atoms with E-state index in [1.54, 1.807) is 0 Å². The third kappa shape index (κ3) is 3.13. The van der Waals surface area contributed by atoms with Crippen molar-refractivity contribution in [3.63, 3.8) is 0 Å². The molecule has 8 nitrogen and oxygen atoms in total. The molecule has 1 aliphatic heterocycles. The number of nitrogens with zero attached hydrogens (tertiary/aromatic N) is 1. The number of aromatic nitrogens is 1. The van der Waals surface area contributed by atoms with Crippen LogP contribution in [0.25, 0.3) is 0 Å². The average Bonchev–Trinajstić information content (AvgIpc) is 2.99. The molecule has 1 aliphatic rings. The summed E-state index contributed by atoms with van der Waals surface area (Å²) in [5.74, 6) is -1.14. The topological polar surface area (TPSA) is 110 Å². The molecular formula is C12H7F2N3O5S. The van der Waals surface area contributed by atoms with Crippen LogP contribution in [0.1, 0.15) is 9.67 Å². The van der Waals surface area contributed by atoms with Gasteiger partial charge >= 0.3 is 12.4 Å². The summed E-state index contributed by atoms with van der Waals surface area (Å²) in [7, 11) is 0. The summed E-state index contributed by atoms with van der Waals surface area (Å²) in [4.78, 5) is 26.5. The molecule has 3 N–H and O–H groups in total. The van der Waals surface area contributed by atoms with Crippen LogP contribution < -0.4 is 20.1 Å². The van der Waals surface area contributed by atoms with E-state index in [9.17, 15) is 18.4 Å². The zero-order chi connectivity index (χ0) is 16.6. The lowest BCUT2D eigenvalue weighted by Gasteiger charge is -2.06. The zero-order valence-corrected chi connectivity index (χ0v) is 11.8. The van der Waals surface area contributed by atoms with Crippen LogP contribution in [0.3, 0.4) is 0 Å². The number of anilines is 2. The van der Waals surface area contributed by atoms with Crippen molar-refractivity contribution in [3.8, 4) is 11.5 Å². The second kappa shape index (κ2) is 5.35. The monoisotopic (exact) mass is 343 g/mol. The SMILES string of the molecule is O=C(O)Nc1ncsc1C(=O)Nc1ccc2c(c1)OC(F)(F)O2. The number of hydrogen-bond acceptors (Lipinski definition) is 6. The number of alkyl halides is 2. The van der Waals surface area contributed by atoms with Gasteiger partial charge in [-0.3, -0.25) is 10.1 Å². The van der Waals surface area contributed by atoms with Gasteiger partial charge in [0, 0.05) is 11.8 Å². The minimum Gasteiger partial charge on any atom is -0.465 e. The van der Waals surface area contributed by atoms with Crippen LogP contribution in [0.2, 0.25) is 0 Å². The molecule has 0 saturated carbocycles. The summed E-state index contributed by atoms with van der Waals surface area (Å²) in [5.41, 5.74) is 1.46. The second-order valence-electron chi connectivity index (χ2n) is 4.24. The molecule has 23 heavy (non-hydrogen) atoms. The number of carbonyl (C=O) groups excluding carboxylic acids is 1. The molecule has 120 valence electrons. The van der Waals surface area contributed by atoms with Crippen LogP contribution in [-0.2, 0) is 0 Å². The highest BCUT2D eigenvalue weighted by molar-refractivity contribution is 7.12. The quantitative estimate of drug-likeness (QED) is 0.790. The van der Waals surface area contributed by atoms with Crippen LogP contribution in [0.15, 0.2) is 23.7 Å². The van der Waals surface area contributed by atoms with Crippen molar-refractivity contribution in [1.82, 2.24) is 4.98 Å². The molecule has 0 saturated heterocycles. The minimum absolute atomic E-state index is 0.0235. The summed E-state index contributed by atoms with van der Waals surface area (Å²) in [6.45, 7) is 0. The van der Waals surface area contributed by atoms with Gasteiger partial charge in [-0.15, -0.1) is 20.1 Å². The third-order valence-electron chi connectivity index (χ3n) is 2.66. The molecule has 0 fully saturated rings. The highest BCUT2D eigenvalue weighted by Gasteiger charge is 2.43. The number of nitrogens with one attached hydrogen (secondary N) is 2. The fourth-order valence-electron chi connectivity index (χ4n) is 1.81. The fraction of sp³-hybridized carbons (Fsp3) is 0.0833. The van der Waals surface area contributed by atoms with E-state index in [1.165, 1.54) is 23.7 Å². The Morgan fingerprint density at radius 2 is 1.96 bits per heavy atom. The van der Waals surface area contributed by atoms with Crippen LogP contribution in [0.5, 0.6) is 11.5 Å². The van der Waals surface area contributed by atoms with Gasteiger partial charge in [0.15, 0.2) is 17.3 Å². The van der Waals surface area contributed by atoms with Gasteiger partial charge in [0.2, 0.25) is 0 Å². The van der Waals surface area contributed by atoms with E-state index in [1.807, 2.05) is 5.32 Å². The van der Waals surface area contributed by atoms with Crippen LogP contribution in [0.4, 0.5) is 25.1 Å². The maximum Gasteiger partial charge on any atom is 0.586 e. The van der Waals surface area contributed by atoms with Crippen molar-refractivity contribution in [2.45, 2.75) is 6.29 Å². The molecule has 1 aromatic heterocycles. The largest absolute Gasteiger partial charge is 0.586 e. The van der Waals surface area contributed by atoms with E-state index in [4.69, 9.17) is 5.11 Å². The van der Waals surface area contributed by atoms with Gasteiger partial charge in [-0.1, -0.05) is 0 Å². The standard InChI is InChI=1S/C12H7F2N3O5S/c13-12(14)21-6-2-1-5(3-7(6)22-12)16-10(18)8-9(15-4-23-8)17-11(19)20/h1-4,17H,(H,16,18)(H,19,20). The number of carbonyl (C=O) groups is 2. The first-order valence-corrected chi connectivity index (χ1v) is 6.87. The van der Waals surface area contributed by atoms with Crippen molar-refractivity contribution in [2.24, 2.45) is 0 Å². The van der Waals surface area contributed by atoms with Crippen LogP contribution >= 0.6 is 11.3 Å². The summed E-state index contributed by atoms with van der Waals surface area (Å²) >= 11 is 0.919. The van der Waals surface area contributed by atoms with E-state index in [0.717, 1.165) is 11.3 Å². The van der Waals surface area contributed by atoms with Crippen molar-refractivity contribution >= 4 is 34.8 Å².